The van der Waals surface area contributed by atoms with Gasteiger partial charge in [0.15, 0.2) is 0 Å². The van der Waals surface area contributed by atoms with Crippen molar-refractivity contribution in [3.63, 3.8) is 0 Å². The summed E-state index contributed by atoms with van der Waals surface area (Å²) in [6.45, 7) is 4.81. The molecule has 1 fully saturated rings. The zero-order valence-electron chi connectivity index (χ0n) is 16.9. The summed E-state index contributed by atoms with van der Waals surface area (Å²) < 4.78 is 11.3. The van der Waals surface area contributed by atoms with Gasteiger partial charge in [0.05, 0.1) is 49.9 Å². The number of anilines is 1. The first-order valence-electron chi connectivity index (χ1n) is 10.5. The lowest BCUT2D eigenvalue weighted by Crippen LogP contribution is -2.35. The minimum absolute atomic E-state index is 0.0518. The van der Waals surface area contributed by atoms with Crippen molar-refractivity contribution in [3.8, 4) is 0 Å². The Morgan fingerprint density at radius 3 is 2.93 bits per heavy atom. The molecule has 3 aromatic rings. The number of hydrogen-bond acceptors (Lipinski definition) is 5. The van der Waals surface area contributed by atoms with Gasteiger partial charge in [-0.25, -0.2) is 4.98 Å². The van der Waals surface area contributed by atoms with Crippen LogP contribution >= 0.6 is 0 Å². The van der Waals surface area contributed by atoms with Crippen molar-refractivity contribution in [2.45, 2.75) is 25.5 Å². The number of rotatable bonds is 5. The Hall–Kier alpha value is -2.74. The molecule has 0 aliphatic carbocycles. The summed E-state index contributed by atoms with van der Waals surface area (Å²) in [5.74, 6) is 0.881. The Morgan fingerprint density at radius 2 is 2.03 bits per heavy atom. The lowest BCUT2D eigenvalue weighted by atomic mass is 9.95. The van der Waals surface area contributed by atoms with Gasteiger partial charge in [0, 0.05) is 18.8 Å². The Bertz CT molecular complexity index is 1040. The van der Waals surface area contributed by atoms with Crippen LogP contribution in [0.1, 0.15) is 29.5 Å². The number of aromatic nitrogens is 2. The fraction of sp³-hybridized carbons (Fsp3) is 0.391. The number of carbonyl (C=O) groups excluding carboxylic acids is 1. The van der Waals surface area contributed by atoms with Gasteiger partial charge in [-0.15, -0.1) is 0 Å². The zero-order chi connectivity index (χ0) is 20.3. The highest BCUT2D eigenvalue weighted by atomic mass is 16.5. The molecule has 0 radical (unpaired) electrons. The second kappa shape index (κ2) is 8.55. The quantitative estimate of drug-likeness (QED) is 0.681. The number of amides is 1. The molecule has 7 heteroatoms. The first-order chi connectivity index (χ1) is 14.7. The van der Waals surface area contributed by atoms with Gasteiger partial charge < -0.3 is 19.8 Å². The number of aromatic amines is 1. The van der Waals surface area contributed by atoms with E-state index in [0.29, 0.717) is 13.0 Å². The number of nitrogens with one attached hydrogen (secondary N) is 2. The molecule has 2 aromatic carbocycles. The molecule has 1 amide bonds. The van der Waals surface area contributed by atoms with Gasteiger partial charge in [0.2, 0.25) is 5.91 Å². The van der Waals surface area contributed by atoms with Crippen molar-refractivity contribution >= 4 is 22.6 Å². The van der Waals surface area contributed by atoms with Gasteiger partial charge in [-0.3, -0.25) is 9.69 Å². The van der Waals surface area contributed by atoms with Crippen molar-refractivity contribution in [3.05, 3.63) is 59.4 Å². The summed E-state index contributed by atoms with van der Waals surface area (Å²) in [6, 6.07) is 14.0. The second-order valence-corrected chi connectivity index (χ2v) is 7.86. The maximum Gasteiger partial charge on any atom is 0.227 e. The number of morpholine rings is 1. The minimum atomic E-state index is -0.189. The molecule has 2 aliphatic heterocycles. The van der Waals surface area contributed by atoms with E-state index in [4.69, 9.17) is 9.47 Å². The lowest BCUT2D eigenvalue weighted by molar-refractivity contribution is -0.119. The normalized spacial score (nSPS) is 19.5. The number of carbonyl (C=O) groups is 1. The summed E-state index contributed by atoms with van der Waals surface area (Å²) in [4.78, 5) is 23.0. The maximum absolute atomic E-state index is 12.7. The van der Waals surface area contributed by atoms with Crippen LogP contribution in [0.2, 0.25) is 0 Å². The highest BCUT2D eigenvalue weighted by molar-refractivity contribution is 5.93. The fourth-order valence-electron chi connectivity index (χ4n) is 4.21. The van der Waals surface area contributed by atoms with Gasteiger partial charge in [0.1, 0.15) is 5.82 Å². The van der Waals surface area contributed by atoms with Crippen LogP contribution < -0.4 is 5.32 Å². The molecule has 1 atom stereocenters. The van der Waals surface area contributed by atoms with Crippen LogP contribution in [0.4, 0.5) is 5.69 Å². The molecule has 1 saturated heterocycles. The number of ether oxygens (including phenoxy) is 2. The molecular weight excluding hydrogens is 380 g/mol. The molecule has 1 unspecified atom stereocenters. The van der Waals surface area contributed by atoms with Crippen molar-refractivity contribution in [1.29, 1.82) is 0 Å². The van der Waals surface area contributed by atoms with Crippen LogP contribution in [0.15, 0.2) is 42.5 Å². The summed E-state index contributed by atoms with van der Waals surface area (Å²) in [5.41, 5.74) is 4.98. The Labute approximate surface area is 175 Å². The van der Waals surface area contributed by atoms with Crippen LogP contribution in [-0.4, -0.2) is 53.7 Å². The van der Waals surface area contributed by atoms with Crippen LogP contribution in [0.5, 0.6) is 0 Å². The van der Waals surface area contributed by atoms with E-state index in [2.05, 4.69) is 32.3 Å². The summed E-state index contributed by atoms with van der Waals surface area (Å²) in [5, 5.41) is 3.01. The Kier molecular flexibility index (Phi) is 5.48. The van der Waals surface area contributed by atoms with E-state index < -0.39 is 0 Å². The molecule has 30 heavy (non-hydrogen) atoms. The molecule has 0 bridgehead atoms. The highest BCUT2D eigenvalue weighted by Gasteiger charge is 2.23. The number of hydrogen-bond donors (Lipinski definition) is 2. The van der Waals surface area contributed by atoms with Crippen LogP contribution in [0.25, 0.3) is 11.0 Å². The number of benzene rings is 2. The third-order valence-electron chi connectivity index (χ3n) is 5.75. The third-order valence-corrected chi connectivity index (χ3v) is 5.75. The van der Waals surface area contributed by atoms with Crippen molar-refractivity contribution in [2.24, 2.45) is 0 Å². The Balaban J connectivity index is 1.24. The van der Waals surface area contributed by atoms with Gasteiger partial charge in [0.25, 0.3) is 0 Å². The van der Waals surface area contributed by atoms with Crippen molar-refractivity contribution in [2.75, 3.05) is 38.2 Å². The van der Waals surface area contributed by atoms with E-state index in [1.807, 2.05) is 30.3 Å². The molecular formula is C23H26N4O3. The van der Waals surface area contributed by atoms with Gasteiger partial charge in [-0.2, -0.15) is 0 Å². The summed E-state index contributed by atoms with van der Waals surface area (Å²) in [7, 11) is 0. The standard InChI is InChI=1S/C23H26N4O3/c28-23(14-21-18-4-2-1-3-16(18)7-10-30-21)24-17-5-6-19-20(13-17)26-22(25-19)15-27-8-11-29-12-9-27/h1-6,13,21H,7-12,14-15H2,(H,24,28)(H,25,26). The molecule has 156 valence electrons. The molecule has 5 rings (SSSR count). The molecule has 2 aliphatic rings. The van der Waals surface area contributed by atoms with Crippen LogP contribution in [-0.2, 0) is 27.2 Å². The topological polar surface area (TPSA) is 79.5 Å². The lowest BCUT2D eigenvalue weighted by Gasteiger charge is -2.25. The fourth-order valence-corrected chi connectivity index (χ4v) is 4.21. The SMILES string of the molecule is O=C(CC1OCCc2ccccc21)Nc1ccc2nc(CN3CCOCC3)[nH]c2c1. The average Bonchev–Trinajstić information content (AvgIpc) is 3.16. The minimum Gasteiger partial charge on any atom is -0.379 e. The van der Waals surface area contributed by atoms with E-state index in [-0.39, 0.29) is 12.0 Å². The average molecular weight is 406 g/mol. The van der Waals surface area contributed by atoms with Gasteiger partial charge in [-0.1, -0.05) is 24.3 Å². The van der Waals surface area contributed by atoms with Gasteiger partial charge in [-0.05, 0) is 35.7 Å². The monoisotopic (exact) mass is 406 g/mol. The zero-order valence-corrected chi connectivity index (χ0v) is 16.9. The molecule has 2 N–H and O–H groups in total. The van der Waals surface area contributed by atoms with E-state index >= 15 is 0 Å². The largest absolute Gasteiger partial charge is 0.379 e. The molecule has 0 spiro atoms. The highest BCUT2D eigenvalue weighted by Crippen LogP contribution is 2.30. The van der Waals surface area contributed by atoms with E-state index in [1.54, 1.807) is 0 Å². The smallest absolute Gasteiger partial charge is 0.227 e. The van der Waals surface area contributed by atoms with Gasteiger partial charge >= 0.3 is 0 Å². The van der Waals surface area contributed by atoms with Crippen LogP contribution in [0, 0.1) is 0 Å². The number of imidazole rings is 1. The maximum atomic E-state index is 12.7. The summed E-state index contributed by atoms with van der Waals surface area (Å²) >= 11 is 0. The van der Waals surface area contributed by atoms with Crippen molar-refractivity contribution in [1.82, 2.24) is 14.9 Å². The predicted molar refractivity (Wildman–Crippen MR) is 114 cm³/mol. The summed E-state index contributed by atoms with van der Waals surface area (Å²) in [6.07, 6.45) is 1.02. The molecule has 7 nitrogen and oxygen atoms in total. The number of nitrogens with zero attached hydrogens (tertiary/aromatic N) is 2. The van der Waals surface area contributed by atoms with E-state index in [0.717, 1.165) is 67.4 Å². The molecule has 3 heterocycles. The Morgan fingerprint density at radius 1 is 1.17 bits per heavy atom. The van der Waals surface area contributed by atoms with E-state index in [9.17, 15) is 4.79 Å². The van der Waals surface area contributed by atoms with E-state index in [1.165, 1.54) is 5.56 Å². The third kappa shape index (κ3) is 4.23. The first kappa shape index (κ1) is 19.2. The molecule has 1 aromatic heterocycles. The second-order valence-electron chi connectivity index (χ2n) is 7.86. The first-order valence-corrected chi connectivity index (χ1v) is 10.5. The molecule has 0 saturated carbocycles. The van der Waals surface area contributed by atoms with Crippen molar-refractivity contribution < 1.29 is 14.3 Å². The predicted octanol–water partition coefficient (Wildman–Crippen LogP) is 3.04. The van der Waals surface area contributed by atoms with Crippen LogP contribution in [0.3, 0.4) is 0 Å². The number of fused-ring (bicyclic) bond motifs is 2. The number of H-pyrrole nitrogens is 1.